The summed E-state index contributed by atoms with van der Waals surface area (Å²) < 4.78 is 5.09. The third-order valence-corrected chi connectivity index (χ3v) is 1.23. The Morgan fingerprint density at radius 2 is 2.42 bits per heavy atom. The number of pyridine rings is 1. The summed E-state index contributed by atoms with van der Waals surface area (Å²) in [6.07, 6.45) is 0. The number of nitrogen functional groups attached to an aromatic ring is 1. The highest BCUT2D eigenvalue weighted by molar-refractivity contribution is 5.45. The number of hydrogen-bond donors (Lipinski definition) is 1. The molecule has 62 valence electrons. The Balaban J connectivity index is 3.00. The van der Waals surface area contributed by atoms with Gasteiger partial charge in [-0.05, 0) is 13.0 Å². The van der Waals surface area contributed by atoms with Crippen molar-refractivity contribution in [3.8, 4) is 11.9 Å². The molecule has 1 heterocycles. The summed E-state index contributed by atoms with van der Waals surface area (Å²) in [5.74, 6) is 0.397. The van der Waals surface area contributed by atoms with Gasteiger partial charge in [0.2, 0.25) is 5.88 Å². The molecule has 0 aliphatic carbocycles. The number of hydrogen-bond acceptors (Lipinski definition) is 4. The van der Waals surface area contributed by atoms with Crippen LogP contribution in [0.15, 0.2) is 12.1 Å². The molecule has 12 heavy (non-hydrogen) atoms. The van der Waals surface area contributed by atoms with Crippen molar-refractivity contribution >= 4 is 5.69 Å². The van der Waals surface area contributed by atoms with Crippen molar-refractivity contribution < 1.29 is 4.74 Å². The van der Waals surface area contributed by atoms with Gasteiger partial charge in [-0.2, -0.15) is 5.26 Å². The molecule has 1 aromatic heterocycles. The third kappa shape index (κ3) is 1.86. The monoisotopic (exact) mass is 163 g/mol. The minimum absolute atomic E-state index is 0.276. The van der Waals surface area contributed by atoms with E-state index in [2.05, 4.69) is 4.98 Å². The van der Waals surface area contributed by atoms with Crippen molar-refractivity contribution in [3.63, 3.8) is 0 Å². The number of aromatic nitrogens is 1. The van der Waals surface area contributed by atoms with E-state index < -0.39 is 0 Å². The fraction of sp³-hybridized carbons (Fsp3) is 0.250. The molecule has 1 aromatic rings. The lowest BCUT2D eigenvalue weighted by molar-refractivity contribution is 0.327. The van der Waals surface area contributed by atoms with Gasteiger partial charge in [-0.25, -0.2) is 4.98 Å². The van der Waals surface area contributed by atoms with Crippen LogP contribution in [0.2, 0.25) is 0 Å². The van der Waals surface area contributed by atoms with Crippen molar-refractivity contribution in [2.24, 2.45) is 0 Å². The SMILES string of the molecule is CCOc1cc(N)cc(C#N)n1. The Morgan fingerprint density at radius 1 is 1.67 bits per heavy atom. The van der Waals surface area contributed by atoms with Crippen LogP contribution in [0.3, 0.4) is 0 Å². The summed E-state index contributed by atoms with van der Waals surface area (Å²) in [5.41, 5.74) is 6.26. The number of ether oxygens (including phenoxy) is 1. The molecule has 4 heteroatoms. The molecule has 0 fully saturated rings. The number of nitriles is 1. The van der Waals surface area contributed by atoms with Crippen LogP contribution in [0.5, 0.6) is 5.88 Å². The maximum Gasteiger partial charge on any atom is 0.216 e. The molecular weight excluding hydrogens is 154 g/mol. The lowest BCUT2D eigenvalue weighted by Gasteiger charge is -2.02. The van der Waals surface area contributed by atoms with Crippen LogP contribution in [0.25, 0.3) is 0 Å². The van der Waals surface area contributed by atoms with Gasteiger partial charge in [0.25, 0.3) is 0 Å². The van der Waals surface area contributed by atoms with E-state index in [9.17, 15) is 0 Å². The molecule has 0 radical (unpaired) electrons. The maximum absolute atomic E-state index is 8.53. The molecule has 4 nitrogen and oxygen atoms in total. The first-order valence-electron chi connectivity index (χ1n) is 3.56. The molecule has 0 aromatic carbocycles. The number of anilines is 1. The zero-order chi connectivity index (χ0) is 8.97. The third-order valence-electron chi connectivity index (χ3n) is 1.23. The van der Waals surface area contributed by atoms with E-state index in [-0.39, 0.29) is 5.69 Å². The van der Waals surface area contributed by atoms with E-state index >= 15 is 0 Å². The van der Waals surface area contributed by atoms with E-state index in [1.54, 1.807) is 6.07 Å². The van der Waals surface area contributed by atoms with Crippen LogP contribution in [0.1, 0.15) is 12.6 Å². The minimum Gasteiger partial charge on any atom is -0.478 e. The van der Waals surface area contributed by atoms with Crippen molar-refractivity contribution in [1.82, 2.24) is 4.98 Å². The molecule has 1 rings (SSSR count). The van der Waals surface area contributed by atoms with Crippen LogP contribution < -0.4 is 10.5 Å². The highest BCUT2D eigenvalue weighted by Gasteiger charge is 1.99. The zero-order valence-electron chi connectivity index (χ0n) is 6.74. The van der Waals surface area contributed by atoms with Gasteiger partial charge in [0.15, 0.2) is 0 Å². The van der Waals surface area contributed by atoms with E-state index in [1.165, 1.54) is 6.07 Å². The summed E-state index contributed by atoms with van der Waals surface area (Å²) in [7, 11) is 0. The van der Waals surface area contributed by atoms with Crippen LogP contribution in [-0.4, -0.2) is 11.6 Å². The fourth-order valence-electron chi connectivity index (χ4n) is 0.804. The van der Waals surface area contributed by atoms with Crippen LogP contribution >= 0.6 is 0 Å². The summed E-state index contributed by atoms with van der Waals surface area (Å²) in [6.45, 7) is 2.36. The topological polar surface area (TPSA) is 71.9 Å². The normalized spacial score (nSPS) is 9.00. The first-order chi connectivity index (χ1) is 5.76. The molecule has 0 unspecified atom stereocenters. The van der Waals surface area contributed by atoms with Crippen LogP contribution in [0.4, 0.5) is 5.69 Å². The number of nitrogens with zero attached hydrogens (tertiary/aromatic N) is 2. The van der Waals surface area contributed by atoms with Gasteiger partial charge in [0.05, 0.1) is 6.61 Å². The van der Waals surface area contributed by atoms with Gasteiger partial charge < -0.3 is 10.5 Å². The second kappa shape index (κ2) is 3.58. The van der Waals surface area contributed by atoms with Gasteiger partial charge in [-0.15, -0.1) is 0 Å². The van der Waals surface area contributed by atoms with Crippen molar-refractivity contribution in [3.05, 3.63) is 17.8 Å². The smallest absolute Gasteiger partial charge is 0.216 e. The van der Waals surface area contributed by atoms with Gasteiger partial charge in [-0.3, -0.25) is 0 Å². The highest BCUT2D eigenvalue weighted by atomic mass is 16.5. The first kappa shape index (κ1) is 8.34. The van der Waals surface area contributed by atoms with Gasteiger partial charge >= 0.3 is 0 Å². The summed E-state index contributed by atoms with van der Waals surface area (Å²) in [6, 6.07) is 4.99. The highest BCUT2D eigenvalue weighted by Crippen LogP contribution is 2.13. The second-order valence-corrected chi connectivity index (χ2v) is 2.17. The Morgan fingerprint density at radius 3 is 3.00 bits per heavy atom. The Bertz CT molecular complexity index is 317. The predicted molar refractivity (Wildman–Crippen MR) is 44.5 cm³/mol. The summed E-state index contributed by atoms with van der Waals surface area (Å²) in [5, 5.41) is 8.53. The number of nitrogens with two attached hydrogens (primary N) is 1. The van der Waals surface area contributed by atoms with Crippen LogP contribution in [-0.2, 0) is 0 Å². The molecule has 0 aliphatic heterocycles. The minimum atomic E-state index is 0.276. The Kier molecular flexibility index (Phi) is 2.49. The van der Waals surface area contributed by atoms with E-state index in [0.717, 1.165) is 0 Å². The Labute approximate surface area is 70.6 Å². The van der Waals surface area contributed by atoms with Crippen molar-refractivity contribution in [2.45, 2.75) is 6.92 Å². The summed E-state index contributed by atoms with van der Waals surface area (Å²) in [4.78, 5) is 3.88. The van der Waals surface area contributed by atoms with Gasteiger partial charge in [0, 0.05) is 11.8 Å². The molecule has 0 spiro atoms. The molecule has 0 amide bonds. The molecule has 0 saturated heterocycles. The molecule has 0 atom stereocenters. The van der Waals surface area contributed by atoms with Crippen LogP contribution in [0, 0.1) is 11.3 Å². The molecule has 2 N–H and O–H groups in total. The maximum atomic E-state index is 8.53. The molecular formula is C8H9N3O. The number of rotatable bonds is 2. The average molecular weight is 163 g/mol. The quantitative estimate of drug-likeness (QED) is 0.704. The average Bonchev–Trinajstić information content (AvgIpc) is 2.04. The molecule has 0 aliphatic rings. The lowest BCUT2D eigenvalue weighted by atomic mass is 10.3. The van der Waals surface area contributed by atoms with Gasteiger partial charge in [-0.1, -0.05) is 0 Å². The van der Waals surface area contributed by atoms with E-state index in [4.69, 9.17) is 15.7 Å². The Hall–Kier alpha value is -1.76. The zero-order valence-corrected chi connectivity index (χ0v) is 6.74. The molecule has 0 saturated carbocycles. The lowest BCUT2D eigenvalue weighted by Crippen LogP contribution is -1.97. The largest absolute Gasteiger partial charge is 0.478 e. The van der Waals surface area contributed by atoms with Crippen molar-refractivity contribution in [1.29, 1.82) is 5.26 Å². The second-order valence-electron chi connectivity index (χ2n) is 2.17. The van der Waals surface area contributed by atoms with Crippen molar-refractivity contribution in [2.75, 3.05) is 12.3 Å². The molecule has 0 bridgehead atoms. The fourth-order valence-corrected chi connectivity index (χ4v) is 0.804. The van der Waals surface area contributed by atoms with E-state index in [1.807, 2.05) is 13.0 Å². The van der Waals surface area contributed by atoms with Gasteiger partial charge in [0.1, 0.15) is 11.8 Å². The predicted octanol–water partition coefficient (Wildman–Crippen LogP) is 0.934. The summed E-state index contributed by atoms with van der Waals surface area (Å²) >= 11 is 0. The first-order valence-corrected chi connectivity index (χ1v) is 3.56. The standard InChI is InChI=1S/C8H9N3O/c1-2-12-8-4-6(10)3-7(5-9)11-8/h3-4H,2H2,1H3,(H2,10,11). The van der Waals surface area contributed by atoms with E-state index in [0.29, 0.717) is 18.2 Å².